The van der Waals surface area contributed by atoms with Crippen LogP contribution in [0.15, 0.2) is 10.6 Å². The highest BCUT2D eigenvalue weighted by molar-refractivity contribution is 5.78. The zero-order chi connectivity index (χ0) is 16.8. The summed E-state index contributed by atoms with van der Waals surface area (Å²) in [5.41, 5.74) is 0.808. The minimum atomic E-state index is -0.250. The van der Waals surface area contributed by atoms with Crippen LogP contribution in [-0.4, -0.2) is 75.9 Å². The number of rotatable bonds is 3. The summed E-state index contributed by atoms with van der Waals surface area (Å²) in [6, 6.07) is 2.33. The van der Waals surface area contributed by atoms with Gasteiger partial charge >= 0.3 is 0 Å². The highest BCUT2D eigenvalue weighted by Gasteiger charge is 2.33. The zero-order valence-corrected chi connectivity index (χ0v) is 13.2. The lowest BCUT2D eigenvalue weighted by atomic mass is 9.98. The molecule has 2 N–H and O–H groups in total. The Labute approximate surface area is 134 Å². The number of aryl methyl sites for hydroxylation is 1. The van der Waals surface area contributed by atoms with Gasteiger partial charge in [0.15, 0.2) is 0 Å². The van der Waals surface area contributed by atoms with Crippen molar-refractivity contribution in [3.8, 4) is 0 Å². The van der Waals surface area contributed by atoms with Gasteiger partial charge < -0.3 is 19.6 Å². The van der Waals surface area contributed by atoms with Gasteiger partial charge in [-0.25, -0.2) is 0 Å². The van der Waals surface area contributed by atoms with E-state index in [2.05, 4.69) is 10.1 Å². The standard InChI is InChI=1S/C14H21N3O3.CH2O2/c1-10-6-13(20-15-10)7-14(19)16-4-2-11(3-5-16)17-8-12(18)9-17;2-1-3/h6,11-12,18H,2-5,7-9H2,1H3;1H,(H,2,3). The number of carbonyl (C=O) groups is 2. The average molecular weight is 325 g/mol. The van der Waals surface area contributed by atoms with E-state index >= 15 is 0 Å². The number of nitrogens with zero attached hydrogens (tertiary/aromatic N) is 3. The van der Waals surface area contributed by atoms with Crippen LogP contribution in [0.2, 0.25) is 0 Å². The smallest absolute Gasteiger partial charge is 0.290 e. The summed E-state index contributed by atoms with van der Waals surface area (Å²) >= 11 is 0. The molecule has 0 saturated carbocycles. The monoisotopic (exact) mass is 325 g/mol. The normalized spacial score (nSPS) is 19.7. The van der Waals surface area contributed by atoms with Crippen LogP contribution >= 0.6 is 0 Å². The van der Waals surface area contributed by atoms with Gasteiger partial charge in [0.25, 0.3) is 6.47 Å². The van der Waals surface area contributed by atoms with Crippen LogP contribution in [0.3, 0.4) is 0 Å². The Morgan fingerprint density at radius 3 is 2.52 bits per heavy atom. The molecule has 1 amide bonds. The van der Waals surface area contributed by atoms with E-state index in [1.54, 1.807) is 0 Å². The first kappa shape index (κ1) is 17.4. The second-order valence-corrected chi connectivity index (χ2v) is 5.94. The number of hydrogen-bond donors (Lipinski definition) is 2. The van der Waals surface area contributed by atoms with Crippen LogP contribution in [-0.2, 0) is 16.0 Å². The van der Waals surface area contributed by atoms with Crippen molar-refractivity contribution < 1.29 is 24.3 Å². The van der Waals surface area contributed by atoms with Crippen molar-refractivity contribution in [3.05, 3.63) is 17.5 Å². The van der Waals surface area contributed by atoms with E-state index in [0.29, 0.717) is 18.2 Å². The first-order valence-electron chi connectivity index (χ1n) is 7.73. The van der Waals surface area contributed by atoms with Crippen molar-refractivity contribution in [2.75, 3.05) is 26.2 Å². The third-order valence-corrected chi connectivity index (χ3v) is 4.23. The molecule has 0 atom stereocenters. The van der Waals surface area contributed by atoms with E-state index in [4.69, 9.17) is 14.4 Å². The maximum atomic E-state index is 12.2. The number of piperidine rings is 1. The number of hydrogen-bond acceptors (Lipinski definition) is 6. The van der Waals surface area contributed by atoms with Crippen LogP contribution in [0.5, 0.6) is 0 Å². The lowest BCUT2D eigenvalue weighted by molar-refractivity contribution is -0.133. The molecule has 2 aliphatic rings. The molecule has 0 spiro atoms. The second kappa shape index (κ2) is 8.07. The molecule has 1 aromatic heterocycles. The summed E-state index contributed by atoms with van der Waals surface area (Å²) in [5.74, 6) is 0.753. The Bertz CT molecular complexity index is 519. The van der Waals surface area contributed by atoms with Crippen LogP contribution < -0.4 is 0 Å². The number of amides is 1. The molecule has 0 radical (unpaired) electrons. The zero-order valence-electron chi connectivity index (χ0n) is 13.2. The summed E-state index contributed by atoms with van der Waals surface area (Å²) in [7, 11) is 0. The lowest BCUT2D eigenvalue weighted by Gasteiger charge is -2.45. The second-order valence-electron chi connectivity index (χ2n) is 5.94. The minimum absolute atomic E-state index is 0.114. The molecule has 23 heavy (non-hydrogen) atoms. The van der Waals surface area contributed by atoms with Crippen molar-refractivity contribution in [1.82, 2.24) is 15.0 Å². The first-order valence-corrected chi connectivity index (χ1v) is 7.73. The fraction of sp³-hybridized carbons (Fsp3) is 0.667. The largest absolute Gasteiger partial charge is 0.483 e. The van der Waals surface area contributed by atoms with E-state index in [-0.39, 0.29) is 18.5 Å². The lowest BCUT2D eigenvalue weighted by Crippen LogP contribution is -2.58. The first-order chi connectivity index (χ1) is 11.0. The highest BCUT2D eigenvalue weighted by Crippen LogP contribution is 2.22. The molecule has 1 aromatic rings. The minimum Gasteiger partial charge on any atom is -0.483 e. The van der Waals surface area contributed by atoms with Gasteiger partial charge in [-0.15, -0.1) is 0 Å². The molecule has 2 saturated heterocycles. The van der Waals surface area contributed by atoms with E-state index < -0.39 is 0 Å². The van der Waals surface area contributed by atoms with Crippen LogP contribution in [0, 0.1) is 6.92 Å². The fourth-order valence-corrected chi connectivity index (χ4v) is 3.03. The van der Waals surface area contributed by atoms with E-state index in [0.717, 1.165) is 44.7 Å². The fourth-order valence-electron chi connectivity index (χ4n) is 3.03. The van der Waals surface area contributed by atoms with Crippen molar-refractivity contribution >= 4 is 12.4 Å². The van der Waals surface area contributed by atoms with Gasteiger partial charge in [-0.3, -0.25) is 14.5 Å². The number of carboxylic acid groups (broad SMARTS) is 1. The topological polar surface area (TPSA) is 107 Å². The summed E-state index contributed by atoms with van der Waals surface area (Å²) < 4.78 is 5.09. The quantitative estimate of drug-likeness (QED) is 0.747. The van der Waals surface area contributed by atoms with Crippen LogP contribution in [0.1, 0.15) is 24.3 Å². The highest BCUT2D eigenvalue weighted by atomic mass is 16.5. The molecular weight excluding hydrogens is 302 g/mol. The third kappa shape index (κ3) is 4.77. The van der Waals surface area contributed by atoms with Gasteiger partial charge in [-0.2, -0.15) is 0 Å². The summed E-state index contributed by atoms with van der Waals surface area (Å²) in [6.45, 7) is 4.77. The van der Waals surface area contributed by atoms with Gasteiger partial charge in [0.1, 0.15) is 5.76 Å². The van der Waals surface area contributed by atoms with Crippen molar-refractivity contribution in [2.45, 2.75) is 38.3 Å². The Morgan fingerprint density at radius 2 is 2.04 bits per heavy atom. The van der Waals surface area contributed by atoms with E-state index in [1.807, 2.05) is 17.9 Å². The maximum absolute atomic E-state index is 12.2. The number of carbonyl (C=O) groups excluding carboxylic acids is 1. The van der Waals surface area contributed by atoms with Gasteiger partial charge in [0, 0.05) is 38.3 Å². The number of β-amino-alcohol motifs (C(OH)–C–C–N with tert-alkyl or cyclic N) is 1. The van der Waals surface area contributed by atoms with Gasteiger partial charge in [0.2, 0.25) is 5.91 Å². The molecule has 128 valence electrons. The summed E-state index contributed by atoms with van der Waals surface area (Å²) in [6.07, 6.45) is 2.14. The molecule has 3 rings (SSSR count). The molecule has 0 aliphatic carbocycles. The predicted molar refractivity (Wildman–Crippen MR) is 80.8 cm³/mol. The Balaban J connectivity index is 0.000000595. The Kier molecular flexibility index (Phi) is 6.12. The van der Waals surface area contributed by atoms with Gasteiger partial charge in [-0.1, -0.05) is 5.16 Å². The molecular formula is C15H23N3O5. The number of aliphatic hydroxyl groups excluding tert-OH is 1. The average Bonchev–Trinajstić information content (AvgIpc) is 2.90. The van der Waals surface area contributed by atoms with Crippen molar-refractivity contribution in [2.24, 2.45) is 0 Å². The van der Waals surface area contributed by atoms with Crippen LogP contribution in [0.25, 0.3) is 0 Å². The number of likely N-dealkylation sites (tertiary alicyclic amines) is 2. The predicted octanol–water partition coefficient (Wildman–Crippen LogP) is -0.106. The van der Waals surface area contributed by atoms with Crippen molar-refractivity contribution in [3.63, 3.8) is 0 Å². The maximum Gasteiger partial charge on any atom is 0.290 e. The van der Waals surface area contributed by atoms with E-state index in [1.165, 1.54) is 0 Å². The number of aromatic nitrogens is 1. The molecule has 3 heterocycles. The van der Waals surface area contributed by atoms with Crippen molar-refractivity contribution in [1.29, 1.82) is 0 Å². The molecule has 2 aliphatic heterocycles. The molecule has 0 bridgehead atoms. The van der Waals surface area contributed by atoms with E-state index in [9.17, 15) is 9.90 Å². The Morgan fingerprint density at radius 1 is 1.43 bits per heavy atom. The Hall–Kier alpha value is -1.93. The SMILES string of the molecule is Cc1cc(CC(=O)N2CCC(N3CC(O)C3)CC2)on1.O=CO. The van der Waals surface area contributed by atoms with Gasteiger partial charge in [0.05, 0.1) is 18.2 Å². The van der Waals surface area contributed by atoms with Gasteiger partial charge in [-0.05, 0) is 19.8 Å². The third-order valence-electron chi connectivity index (χ3n) is 4.23. The van der Waals surface area contributed by atoms with Crippen LogP contribution in [0.4, 0.5) is 0 Å². The summed E-state index contributed by atoms with van der Waals surface area (Å²) in [5, 5.41) is 20.0. The molecule has 8 nitrogen and oxygen atoms in total. The molecule has 0 unspecified atom stereocenters. The summed E-state index contributed by atoms with van der Waals surface area (Å²) in [4.78, 5) is 24.8. The molecule has 8 heteroatoms. The molecule has 0 aromatic carbocycles. The number of aliphatic hydroxyl groups is 1. The molecule has 2 fully saturated rings.